The van der Waals surface area contributed by atoms with Crippen molar-refractivity contribution in [1.82, 2.24) is 4.90 Å². The predicted molar refractivity (Wildman–Crippen MR) is 69.8 cm³/mol. The minimum atomic E-state index is -1.08. The maximum absolute atomic E-state index is 12.1. The molecule has 0 spiro atoms. The summed E-state index contributed by atoms with van der Waals surface area (Å²) < 4.78 is 0. The van der Waals surface area contributed by atoms with Crippen molar-refractivity contribution in [3.63, 3.8) is 0 Å². The van der Waals surface area contributed by atoms with Crippen molar-refractivity contribution in [2.75, 3.05) is 13.6 Å². The van der Waals surface area contributed by atoms with Crippen LogP contribution >= 0.6 is 0 Å². The summed E-state index contributed by atoms with van der Waals surface area (Å²) in [6, 6.07) is 6.25. The van der Waals surface area contributed by atoms with E-state index in [4.69, 9.17) is 5.11 Å². The number of unbranched alkanes of at least 4 members (excludes halogenated alkanes) is 1. The van der Waals surface area contributed by atoms with Gasteiger partial charge < -0.3 is 10.0 Å². The van der Waals surface area contributed by atoms with Gasteiger partial charge in [-0.2, -0.15) is 0 Å². The van der Waals surface area contributed by atoms with E-state index >= 15 is 0 Å². The van der Waals surface area contributed by atoms with Crippen molar-refractivity contribution in [3.05, 3.63) is 48.0 Å². The summed E-state index contributed by atoms with van der Waals surface area (Å²) in [5.74, 6) is -1.35. The number of hydrogen-bond acceptors (Lipinski definition) is 2. The number of carboxylic acids is 1. The Morgan fingerprint density at radius 1 is 1.33 bits per heavy atom. The first kappa shape index (κ1) is 14.0. The summed E-state index contributed by atoms with van der Waals surface area (Å²) in [6.45, 7) is 4.20. The lowest BCUT2D eigenvalue weighted by Crippen LogP contribution is -2.29. The molecule has 1 rings (SSSR count). The second-order valence-corrected chi connectivity index (χ2v) is 4.01. The molecule has 1 amide bonds. The lowest BCUT2D eigenvalue weighted by atomic mass is 10.1. The van der Waals surface area contributed by atoms with E-state index in [1.54, 1.807) is 25.3 Å². The van der Waals surface area contributed by atoms with Crippen LogP contribution in [0.3, 0.4) is 0 Å². The molecule has 0 unspecified atom stereocenters. The zero-order chi connectivity index (χ0) is 13.5. The van der Waals surface area contributed by atoms with Gasteiger partial charge in [0.1, 0.15) is 0 Å². The van der Waals surface area contributed by atoms with Crippen molar-refractivity contribution < 1.29 is 14.7 Å². The number of allylic oxidation sites excluding steroid dienone is 1. The highest BCUT2D eigenvalue weighted by atomic mass is 16.4. The number of carbonyl (C=O) groups excluding carboxylic acids is 1. The van der Waals surface area contributed by atoms with Crippen LogP contribution in [0.25, 0.3) is 0 Å². The number of carboxylic acid groups (broad SMARTS) is 1. The van der Waals surface area contributed by atoms with Crippen molar-refractivity contribution in [2.45, 2.75) is 12.8 Å². The molecule has 0 saturated heterocycles. The predicted octanol–water partition coefficient (Wildman–Crippen LogP) is 2.42. The average Bonchev–Trinajstić information content (AvgIpc) is 2.38. The van der Waals surface area contributed by atoms with E-state index in [1.165, 1.54) is 17.0 Å². The normalized spacial score (nSPS) is 9.83. The molecule has 1 aromatic carbocycles. The molecule has 4 nitrogen and oxygen atoms in total. The van der Waals surface area contributed by atoms with Crippen molar-refractivity contribution in [3.8, 4) is 0 Å². The molecule has 0 radical (unpaired) electrons. The van der Waals surface area contributed by atoms with Gasteiger partial charge in [-0.25, -0.2) is 4.79 Å². The summed E-state index contributed by atoms with van der Waals surface area (Å²) in [7, 11) is 1.67. The number of benzene rings is 1. The van der Waals surface area contributed by atoms with Crippen molar-refractivity contribution in [2.24, 2.45) is 0 Å². The third-order valence-electron chi connectivity index (χ3n) is 2.64. The molecule has 0 aromatic heterocycles. The molecule has 0 aliphatic rings. The maximum atomic E-state index is 12.1. The van der Waals surface area contributed by atoms with E-state index in [2.05, 4.69) is 6.58 Å². The van der Waals surface area contributed by atoms with E-state index < -0.39 is 5.97 Å². The van der Waals surface area contributed by atoms with Gasteiger partial charge in [0, 0.05) is 13.6 Å². The molecule has 0 heterocycles. The number of hydrogen-bond donors (Lipinski definition) is 1. The van der Waals surface area contributed by atoms with Crippen LogP contribution in [0, 0.1) is 0 Å². The monoisotopic (exact) mass is 247 g/mol. The maximum Gasteiger partial charge on any atom is 0.336 e. The fraction of sp³-hybridized carbons (Fsp3) is 0.286. The van der Waals surface area contributed by atoms with Crippen LogP contribution in [-0.4, -0.2) is 35.5 Å². The number of amides is 1. The summed E-state index contributed by atoms with van der Waals surface area (Å²) in [5.41, 5.74) is 0.268. The molecule has 0 saturated carbocycles. The molecule has 0 atom stereocenters. The zero-order valence-electron chi connectivity index (χ0n) is 10.4. The van der Waals surface area contributed by atoms with Gasteiger partial charge in [-0.1, -0.05) is 18.2 Å². The SMILES string of the molecule is C=CCCCN(C)C(=O)c1ccccc1C(=O)O. The van der Waals surface area contributed by atoms with Gasteiger partial charge in [-0.15, -0.1) is 6.58 Å². The van der Waals surface area contributed by atoms with Gasteiger partial charge in [0.2, 0.25) is 0 Å². The number of carbonyl (C=O) groups is 2. The highest BCUT2D eigenvalue weighted by Gasteiger charge is 2.18. The standard InChI is InChI=1S/C14H17NO3/c1-3-4-7-10-15(2)13(16)11-8-5-6-9-12(11)14(17)18/h3,5-6,8-9H,1,4,7,10H2,2H3,(H,17,18). The lowest BCUT2D eigenvalue weighted by Gasteiger charge is -2.17. The highest BCUT2D eigenvalue weighted by molar-refractivity contribution is 6.04. The minimum Gasteiger partial charge on any atom is -0.478 e. The smallest absolute Gasteiger partial charge is 0.336 e. The molecule has 0 fully saturated rings. The molecular formula is C14H17NO3. The molecule has 0 bridgehead atoms. The van der Waals surface area contributed by atoms with Gasteiger partial charge in [-0.05, 0) is 25.0 Å². The Labute approximate surface area is 107 Å². The van der Waals surface area contributed by atoms with Crippen molar-refractivity contribution >= 4 is 11.9 Å². The summed E-state index contributed by atoms with van der Waals surface area (Å²) in [4.78, 5) is 24.7. The molecule has 1 N–H and O–H groups in total. The molecule has 4 heteroatoms. The Morgan fingerprint density at radius 3 is 2.50 bits per heavy atom. The summed E-state index contributed by atoms with van der Waals surface area (Å²) in [5, 5.41) is 9.03. The Hall–Kier alpha value is -2.10. The van der Waals surface area contributed by atoms with Gasteiger partial charge in [0.15, 0.2) is 0 Å². The Kier molecular flexibility index (Phi) is 5.11. The second kappa shape index (κ2) is 6.59. The molecular weight excluding hydrogens is 230 g/mol. The fourth-order valence-corrected chi connectivity index (χ4v) is 1.64. The average molecular weight is 247 g/mol. The highest BCUT2D eigenvalue weighted by Crippen LogP contribution is 2.11. The van der Waals surface area contributed by atoms with Crippen LogP contribution in [0.1, 0.15) is 33.6 Å². The lowest BCUT2D eigenvalue weighted by molar-refractivity contribution is 0.0681. The summed E-state index contributed by atoms with van der Waals surface area (Å²) in [6.07, 6.45) is 3.45. The number of nitrogens with zero attached hydrogens (tertiary/aromatic N) is 1. The van der Waals surface area contributed by atoms with E-state index in [0.29, 0.717) is 6.54 Å². The van der Waals surface area contributed by atoms with Gasteiger partial charge in [0.25, 0.3) is 5.91 Å². The summed E-state index contributed by atoms with van der Waals surface area (Å²) >= 11 is 0. The van der Waals surface area contributed by atoms with Crippen LogP contribution in [-0.2, 0) is 0 Å². The van der Waals surface area contributed by atoms with E-state index in [1.807, 2.05) is 0 Å². The minimum absolute atomic E-state index is 0.0399. The van der Waals surface area contributed by atoms with Crippen LogP contribution in [0.2, 0.25) is 0 Å². The zero-order valence-corrected chi connectivity index (χ0v) is 10.4. The quantitative estimate of drug-likeness (QED) is 0.620. The topological polar surface area (TPSA) is 57.6 Å². The first-order valence-electron chi connectivity index (χ1n) is 5.76. The molecule has 1 aromatic rings. The Morgan fingerprint density at radius 2 is 1.94 bits per heavy atom. The largest absolute Gasteiger partial charge is 0.478 e. The van der Waals surface area contributed by atoms with E-state index in [9.17, 15) is 9.59 Å². The van der Waals surface area contributed by atoms with Gasteiger partial charge >= 0.3 is 5.97 Å². The van der Waals surface area contributed by atoms with Gasteiger partial charge in [0.05, 0.1) is 11.1 Å². The first-order chi connectivity index (χ1) is 8.57. The molecule has 0 aliphatic carbocycles. The van der Waals surface area contributed by atoms with Crippen molar-refractivity contribution in [1.29, 1.82) is 0 Å². The molecule has 96 valence electrons. The third-order valence-corrected chi connectivity index (χ3v) is 2.64. The molecule has 0 aliphatic heterocycles. The van der Waals surface area contributed by atoms with Crippen LogP contribution in [0.5, 0.6) is 0 Å². The number of rotatable bonds is 6. The third kappa shape index (κ3) is 3.45. The van der Waals surface area contributed by atoms with Crippen LogP contribution in [0.15, 0.2) is 36.9 Å². The first-order valence-corrected chi connectivity index (χ1v) is 5.76. The number of aromatic carboxylic acids is 1. The van der Waals surface area contributed by atoms with Crippen LogP contribution < -0.4 is 0 Å². The van der Waals surface area contributed by atoms with E-state index in [-0.39, 0.29) is 17.0 Å². The second-order valence-electron chi connectivity index (χ2n) is 4.01. The Balaban J connectivity index is 2.83. The van der Waals surface area contributed by atoms with Crippen LogP contribution in [0.4, 0.5) is 0 Å². The van der Waals surface area contributed by atoms with Gasteiger partial charge in [-0.3, -0.25) is 4.79 Å². The van der Waals surface area contributed by atoms with E-state index in [0.717, 1.165) is 12.8 Å². The fourth-order valence-electron chi connectivity index (χ4n) is 1.64. The Bertz CT molecular complexity index is 454. The molecule has 18 heavy (non-hydrogen) atoms.